The first-order valence-electron chi connectivity index (χ1n) is 12.6. The summed E-state index contributed by atoms with van der Waals surface area (Å²) in [6.45, 7) is 3.04. The molecule has 2 fully saturated rings. The monoisotopic (exact) mass is 490 g/mol. The molecule has 0 unspecified atom stereocenters. The molecule has 5 rings (SSSR count). The van der Waals surface area contributed by atoms with Crippen molar-refractivity contribution in [3.05, 3.63) is 76.5 Å². The number of Topliss-reactive ketones (excluding diaryl/α,β-unsaturated/α-hetero) is 1. The Balaban J connectivity index is 1.34. The van der Waals surface area contributed by atoms with E-state index in [1.54, 1.807) is 18.4 Å². The van der Waals surface area contributed by atoms with Gasteiger partial charge in [-0.2, -0.15) is 11.3 Å². The third kappa shape index (κ3) is 5.88. The maximum atomic E-state index is 12.9. The zero-order valence-electron chi connectivity index (χ0n) is 20.4. The maximum absolute atomic E-state index is 12.9. The van der Waals surface area contributed by atoms with Gasteiger partial charge in [-0.25, -0.2) is 0 Å². The minimum Gasteiger partial charge on any atom is -0.493 e. The van der Waals surface area contributed by atoms with E-state index in [2.05, 4.69) is 52.3 Å². The predicted octanol–water partition coefficient (Wildman–Crippen LogP) is 5.69. The topological polar surface area (TPSA) is 42.0 Å². The Kier molecular flexibility index (Phi) is 7.69. The van der Waals surface area contributed by atoms with Crippen LogP contribution >= 0.6 is 11.3 Å². The summed E-state index contributed by atoms with van der Waals surface area (Å²) < 4.78 is 12.0. The lowest BCUT2D eigenvalue weighted by molar-refractivity contribution is 0.0876. The second-order valence-corrected chi connectivity index (χ2v) is 10.3. The summed E-state index contributed by atoms with van der Waals surface area (Å²) in [6.07, 6.45) is 5.90. The van der Waals surface area contributed by atoms with Crippen LogP contribution in [0.25, 0.3) is 0 Å². The van der Waals surface area contributed by atoms with Crippen molar-refractivity contribution in [3.8, 4) is 11.5 Å². The second-order valence-electron chi connectivity index (χ2n) is 9.55. The molecular formula is C29H34N2O3S. The molecule has 2 aliphatic rings. The van der Waals surface area contributed by atoms with Gasteiger partial charge in [0.2, 0.25) is 0 Å². The summed E-state index contributed by atoms with van der Waals surface area (Å²) in [5, 5.41) is 3.93. The molecule has 0 bridgehead atoms. The number of piperazine rings is 1. The van der Waals surface area contributed by atoms with Crippen LogP contribution in [0.2, 0.25) is 0 Å². The largest absolute Gasteiger partial charge is 0.493 e. The van der Waals surface area contributed by atoms with Gasteiger partial charge in [-0.3, -0.25) is 9.69 Å². The van der Waals surface area contributed by atoms with Gasteiger partial charge in [0.25, 0.3) is 0 Å². The van der Waals surface area contributed by atoms with Crippen LogP contribution in [0.15, 0.2) is 65.4 Å². The SMILES string of the molecule is COc1ccc(N2CCN(CC(=O)c3ccsc3)[C@@H](Cc3ccccc3)C2)cc1OC1CCCC1. The summed E-state index contributed by atoms with van der Waals surface area (Å²) in [7, 11) is 1.70. The van der Waals surface area contributed by atoms with Crippen molar-refractivity contribution in [1.82, 2.24) is 4.90 Å². The molecule has 35 heavy (non-hydrogen) atoms. The van der Waals surface area contributed by atoms with Crippen molar-refractivity contribution in [2.45, 2.75) is 44.2 Å². The number of hydrogen-bond donors (Lipinski definition) is 0. The van der Waals surface area contributed by atoms with Crippen molar-refractivity contribution < 1.29 is 14.3 Å². The van der Waals surface area contributed by atoms with Gasteiger partial charge >= 0.3 is 0 Å². The van der Waals surface area contributed by atoms with Crippen molar-refractivity contribution in [2.24, 2.45) is 0 Å². The number of ketones is 1. The molecule has 1 aliphatic carbocycles. The molecule has 184 valence electrons. The van der Waals surface area contributed by atoms with Gasteiger partial charge in [0.15, 0.2) is 17.3 Å². The van der Waals surface area contributed by atoms with Gasteiger partial charge in [0, 0.05) is 48.4 Å². The number of nitrogens with zero attached hydrogens (tertiary/aromatic N) is 2. The fourth-order valence-electron chi connectivity index (χ4n) is 5.25. The van der Waals surface area contributed by atoms with Gasteiger partial charge in [-0.15, -0.1) is 0 Å². The number of carbonyl (C=O) groups is 1. The fourth-order valence-corrected chi connectivity index (χ4v) is 5.91. The van der Waals surface area contributed by atoms with Gasteiger partial charge < -0.3 is 14.4 Å². The predicted molar refractivity (Wildman–Crippen MR) is 142 cm³/mol. The van der Waals surface area contributed by atoms with E-state index < -0.39 is 0 Å². The molecule has 1 aromatic heterocycles. The third-order valence-corrected chi connectivity index (χ3v) is 7.90. The van der Waals surface area contributed by atoms with E-state index in [1.165, 1.54) is 18.4 Å². The molecule has 5 nitrogen and oxygen atoms in total. The molecule has 6 heteroatoms. The highest BCUT2D eigenvalue weighted by Crippen LogP contribution is 2.35. The van der Waals surface area contributed by atoms with Crippen molar-refractivity contribution in [3.63, 3.8) is 0 Å². The Labute approximate surface area is 212 Å². The van der Waals surface area contributed by atoms with Gasteiger partial charge in [0.1, 0.15) is 0 Å². The Morgan fingerprint density at radius 1 is 1.03 bits per heavy atom. The highest BCUT2D eigenvalue weighted by molar-refractivity contribution is 7.08. The number of ether oxygens (including phenoxy) is 2. The molecular weight excluding hydrogens is 456 g/mol. The number of hydrogen-bond acceptors (Lipinski definition) is 6. The number of rotatable bonds is 9. The van der Waals surface area contributed by atoms with E-state index in [0.717, 1.165) is 61.6 Å². The van der Waals surface area contributed by atoms with E-state index >= 15 is 0 Å². The van der Waals surface area contributed by atoms with Crippen LogP contribution in [-0.2, 0) is 6.42 Å². The molecule has 3 aromatic rings. The van der Waals surface area contributed by atoms with Crippen molar-refractivity contribution >= 4 is 22.8 Å². The van der Waals surface area contributed by atoms with E-state index in [4.69, 9.17) is 9.47 Å². The Hall–Kier alpha value is -2.83. The van der Waals surface area contributed by atoms with Gasteiger partial charge in [-0.05, 0) is 61.2 Å². The van der Waals surface area contributed by atoms with Crippen LogP contribution in [-0.4, -0.2) is 56.1 Å². The summed E-state index contributed by atoms with van der Waals surface area (Å²) in [4.78, 5) is 17.7. The average molecular weight is 491 g/mol. The smallest absolute Gasteiger partial charge is 0.177 e. The van der Waals surface area contributed by atoms with E-state index in [1.807, 2.05) is 22.9 Å². The zero-order chi connectivity index (χ0) is 24.0. The van der Waals surface area contributed by atoms with Crippen LogP contribution in [0.3, 0.4) is 0 Å². The summed E-state index contributed by atoms with van der Waals surface area (Å²) in [6, 6.07) is 19.1. The molecule has 2 aromatic carbocycles. The van der Waals surface area contributed by atoms with Crippen LogP contribution in [0.1, 0.15) is 41.6 Å². The highest BCUT2D eigenvalue weighted by Gasteiger charge is 2.30. The van der Waals surface area contributed by atoms with Gasteiger partial charge in [0.05, 0.1) is 19.8 Å². The molecule has 1 aliphatic heterocycles. The maximum Gasteiger partial charge on any atom is 0.177 e. The average Bonchev–Trinajstić information content (AvgIpc) is 3.61. The lowest BCUT2D eigenvalue weighted by Gasteiger charge is -2.42. The molecule has 1 atom stereocenters. The normalized spacial score (nSPS) is 19.1. The Morgan fingerprint density at radius 2 is 1.86 bits per heavy atom. The zero-order valence-corrected chi connectivity index (χ0v) is 21.2. The molecule has 2 heterocycles. The lowest BCUT2D eigenvalue weighted by Crippen LogP contribution is -2.55. The summed E-state index contributed by atoms with van der Waals surface area (Å²) >= 11 is 1.58. The molecule has 0 N–H and O–H groups in total. The number of carbonyl (C=O) groups excluding carboxylic acids is 1. The van der Waals surface area contributed by atoms with E-state index in [0.29, 0.717) is 6.54 Å². The van der Waals surface area contributed by atoms with Gasteiger partial charge in [-0.1, -0.05) is 30.3 Å². The molecule has 1 saturated heterocycles. The number of thiophene rings is 1. The first-order valence-corrected chi connectivity index (χ1v) is 13.6. The summed E-state index contributed by atoms with van der Waals surface area (Å²) in [5.74, 6) is 1.84. The first-order chi connectivity index (χ1) is 17.2. The van der Waals surface area contributed by atoms with Crippen LogP contribution in [0.4, 0.5) is 5.69 Å². The summed E-state index contributed by atoms with van der Waals surface area (Å²) in [5.41, 5.74) is 3.27. The molecule has 0 radical (unpaired) electrons. The number of methoxy groups -OCH3 is 1. The fraction of sp³-hybridized carbons (Fsp3) is 0.414. The molecule has 1 saturated carbocycles. The Bertz CT molecular complexity index is 1100. The molecule has 0 spiro atoms. The second kappa shape index (κ2) is 11.3. The van der Waals surface area contributed by atoms with Crippen LogP contribution in [0, 0.1) is 0 Å². The minimum absolute atomic E-state index is 0.203. The van der Waals surface area contributed by atoms with Crippen molar-refractivity contribution in [2.75, 3.05) is 38.2 Å². The van der Waals surface area contributed by atoms with Crippen LogP contribution in [0.5, 0.6) is 11.5 Å². The van der Waals surface area contributed by atoms with Crippen molar-refractivity contribution in [1.29, 1.82) is 0 Å². The first kappa shape index (κ1) is 23.9. The van der Waals surface area contributed by atoms with Crippen LogP contribution < -0.4 is 14.4 Å². The Morgan fingerprint density at radius 3 is 2.60 bits per heavy atom. The minimum atomic E-state index is 0.203. The van der Waals surface area contributed by atoms with E-state index in [-0.39, 0.29) is 17.9 Å². The number of benzene rings is 2. The van der Waals surface area contributed by atoms with E-state index in [9.17, 15) is 4.79 Å². The quantitative estimate of drug-likeness (QED) is 0.360. The third-order valence-electron chi connectivity index (χ3n) is 7.22. The molecule has 0 amide bonds. The highest BCUT2D eigenvalue weighted by atomic mass is 32.1. The lowest BCUT2D eigenvalue weighted by atomic mass is 10.0. The number of anilines is 1. The standard InChI is InChI=1S/C29H34N2O3S/c1-33-28-12-11-24(18-29(28)34-26-9-5-6-10-26)30-14-15-31(20-27(32)23-13-16-35-21-23)25(19-30)17-22-7-3-2-4-8-22/h2-4,7-8,11-13,16,18,21,25-26H,5-6,9-10,14-15,17,19-20H2,1H3/t25-/m0/s1.